The number of nitrogens with zero attached hydrogens (tertiary/aromatic N) is 6. The van der Waals surface area contributed by atoms with Gasteiger partial charge in [-0.15, -0.1) is 5.10 Å². The van der Waals surface area contributed by atoms with E-state index in [4.69, 9.17) is 5.26 Å². The first kappa shape index (κ1) is 14.7. The minimum Gasteiger partial charge on any atom is -0.289 e. The molecule has 1 aromatic heterocycles. The molecular weight excluding hydrogens is 276 g/mol. The van der Waals surface area contributed by atoms with Gasteiger partial charge in [-0.2, -0.15) is 5.26 Å². The molecule has 6 heteroatoms. The molecule has 1 aliphatic carbocycles. The SMILES string of the molecule is CCN(Cc1nnnn1C1CC1)C(C)c1ccc(C#N)cc1. The number of aromatic nitrogens is 4. The van der Waals surface area contributed by atoms with Crippen molar-refractivity contribution in [3.05, 3.63) is 41.2 Å². The Hall–Kier alpha value is -2.26. The summed E-state index contributed by atoms with van der Waals surface area (Å²) in [4.78, 5) is 2.34. The van der Waals surface area contributed by atoms with Crippen molar-refractivity contribution in [1.29, 1.82) is 5.26 Å². The van der Waals surface area contributed by atoms with Gasteiger partial charge in [-0.05, 0) is 54.4 Å². The van der Waals surface area contributed by atoms with Crippen molar-refractivity contribution in [2.75, 3.05) is 6.54 Å². The van der Waals surface area contributed by atoms with E-state index in [9.17, 15) is 0 Å². The molecule has 1 heterocycles. The molecule has 2 aromatic rings. The molecule has 1 saturated carbocycles. The first-order valence-electron chi connectivity index (χ1n) is 7.73. The molecule has 0 bridgehead atoms. The summed E-state index contributed by atoms with van der Waals surface area (Å²) >= 11 is 0. The van der Waals surface area contributed by atoms with Gasteiger partial charge in [0, 0.05) is 6.04 Å². The van der Waals surface area contributed by atoms with Crippen LogP contribution in [0.4, 0.5) is 0 Å². The second-order valence-electron chi connectivity index (χ2n) is 5.74. The van der Waals surface area contributed by atoms with Crippen LogP contribution in [0.3, 0.4) is 0 Å². The lowest BCUT2D eigenvalue weighted by molar-refractivity contribution is 0.203. The van der Waals surface area contributed by atoms with Crippen LogP contribution in [0, 0.1) is 11.3 Å². The van der Waals surface area contributed by atoms with Gasteiger partial charge >= 0.3 is 0 Å². The van der Waals surface area contributed by atoms with Crippen molar-refractivity contribution in [3.63, 3.8) is 0 Å². The predicted octanol–water partition coefficient (Wildman–Crippen LogP) is 2.46. The number of nitriles is 1. The van der Waals surface area contributed by atoms with Crippen molar-refractivity contribution in [3.8, 4) is 6.07 Å². The van der Waals surface area contributed by atoms with E-state index < -0.39 is 0 Å². The van der Waals surface area contributed by atoms with E-state index in [-0.39, 0.29) is 6.04 Å². The Morgan fingerprint density at radius 2 is 2.09 bits per heavy atom. The maximum absolute atomic E-state index is 8.90. The average Bonchev–Trinajstić information content (AvgIpc) is 3.31. The van der Waals surface area contributed by atoms with E-state index in [0.717, 1.165) is 18.9 Å². The van der Waals surface area contributed by atoms with Gasteiger partial charge in [-0.1, -0.05) is 19.1 Å². The summed E-state index contributed by atoms with van der Waals surface area (Å²) < 4.78 is 1.97. The molecule has 0 amide bonds. The zero-order valence-electron chi connectivity index (χ0n) is 13.0. The molecule has 3 rings (SSSR count). The maximum atomic E-state index is 8.90. The van der Waals surface area contributed by atoms with Gasteiger partial charge in [0.15, 0.2) is 5.82 Å². The highest BCUT2D eigenvalue weighted by molar-refractivity contribution is 5.32. The lowest BCUT2D eigenvalue weighted by Crippen LogP contribution is -2.28. The highest BCUT2D eigenvalue weighted by atomic mass is 15.6. The molecule has 0 saturated heterocycles. The Labute approximate surface area is 130 Å². The van der Waals surface area contributed by atoms with E-state index >= 15 is 0 Å². The molecule has 1 fully saturated rings. The van der Waals surface area contributed by atoms with Gasteiger partial charge < -0.3 is 0 Å². The van der Waals surface area contributed by atoms with Crippen LogP contribution in [0.15, 0.2) is 24.3 Å². The molecule has 1 unspecified atom stereocenters. The monoisotopic (exact) mass is 296 g/mol. The second-order valence-corrected chi connectivity index (χ2v) is 5.74. The summed E-state index contributed by atoms with van der Waals surface area (Å²) in [5.74, 6) is 0.935. The third-order valence-electron chi connectivity index (χ3n) is 4.27. The van der Waals surface area contributed by atoms with Gasteiger partial charge in [0.05, 0.1) is 24.2 Å². The molecule has 0 N–H and O–H groups in total. The Kier molecular flexibility index (Phi) is 4.16. The summed E-state index contributed by atoms with van der Waals surface area (Å²) in [5.41, 5.74) is 1.89. The van der Waals surface area contributed by atoms with Crippen molar-refractivity contribution in [2.24, 2.45) is 0 Å². The molecule has 22 heavy (non-hydrogen) atoms. The van der Waals surface area contributed by atoms with Crippen molar-refractivity contribution < 1.29 is 0 Å². The van der Waals surface area contributed by atoms with Crippen LogP contribution in [0.5, 0.6) is 0 Å². The fraction of sp³-hybridized carbons (Fsp3) is 0.500. The highest BCUT2D eigenvalue weighted by Crippen LogP contribution is 2.35. The Morgan fingerprint density at radius 3 is 2.68 bits per heavy atom. The Morgan fingerprint density at radius 1 is 1.36 bits per heavy atom. The fourth-order valence-corrected chi connectivity index (χ4v) is 2.67. The lowest BCUT2D eigenvalue weighted by Gasteiger charge is -2.27. The predicted molar refractivity (Wildman–Crippen MR) is 81.7 cm³/mol. The normalized spacial score (nSPS) is 15.7. The molecule has 114 valence electrons. The van der Waals surface area contributed by atoms with Gasteiger partial charge in [-0.3, -0.25) is 4.90 Å². The molecule has 1 aromatic carbocycles. The summed E-state index contributed by atoms with van der Waals surface area (Å²) in [6.45, 7) is 5.97. The van der Waals surface area contributed by atoms with Crippen molar-refractivity contribution in [1.82, 2.24) is 25.1 Å². The standard InChI is InChI=1S/C16H20N6/c1-3-21(11-16-18-19-20-22(16)15-8-9-15)12(2)14-6-4-13(10-17)5-7-14/h4-7,12,15H,3,8-9,11H2,1-2H3. The average molecular weight is 296 g/mol. The van der Waals surface area contributed by atoms with Crippen LogP contribution < -0.4 is 0 Å². The topological polar surface area (TPSA) is 70.6 Å². The maximum Gasteiger partial charge on any atom is 0.165 e. The van der Waals surface area contributed by atoms with Crippen molar-refractivity contribution in [2.45, 2.75) is 45.3 Å². The van der Waals surface area contributed by atoms with Crippen LogP contribution in [-0.2, 0) is 6.54 Å². The third kappa shape index (κ3) is 3.00. The van der Waals surface area contributed by atoms with E-state index in [1.807, 2.05) is 28.9 Å². The minimum absolute atomic E-state index is 0.252. The molecule has 0 aliphatic heterocycles. The van der Waals surface area contributed by atoms with Gasteiger partial charge in [-0.25, -0.2) is 4.68 Å². The Balaban J connectivity index is 1.74. The Bertz CT molecular complexity index is 665. The quantitative estimate of drug-likeness (QED) is 0.819. The summed E-state index contributed by atoms with van der Waals surface area (Å²) in [6.07, 6.45) is 2.35. The van der Waals surface area contributed by atoms with Crippen LogP contribution >= 0.6 is 0 Å². The second kappa shape index (κ2) is 6.24. The number of rotatable bonds is 6. The fourth-order valence-electron chi connectivity index (χ4n) is 2.67. The lowest BCUT2D eigenvalue weighted by atomic mass is 10.1. The first-order valence-corrected chi connectivity index (χ1v) is 7.73. The third-order valence-corrected chi connectivity index (χ3v) is 4.27. The largest absolute Gasteiger partial charge is 0.289 e. The van der Waals surface area contributed by atoms with E-state index in [2.05, 4.69) is 40.3 Å². The number of hydrogen-bond donors (Lipinski definition) is 0. The van der Waals surface area contributed by atoms with Gasteiger partial charge in [0.1, 0.15) is 0 Å². The zero-order chi connectivity index (χ0) is 15.5. The van der Waals surface area contributed by atoms with Crippen LogP contribution in [0.1, 0.15) is 55.7 Å². The molecule has 0 spiro atoms. The van der Waals surface area contributed by atoms with Gasteiger partial charge in [0.2, 0.25) is 0 Å². The summed E-state index contributed by atoms with van der Waals surface area (Å²) in [7, 11) is 0. The van der Waals surface area contributed by atoms with E-state index in [0.29, 0.717) is 11.6 Å². The smallest absolute Gasteiger partial charge is 0.165 e. The van der Waals surface area contributed by atoms with Crippen LogP contribution in [0.2, 0.25) is 0 Å². The number of hydrogen-bond acceptors (Lipinski definition) is 5. The van der Waals surface area contributed by atoms with E-state index in [1.165, 1.54) is 18.4 Å². The number of benzene rings is 1. The summed E-state index contributed by atoms with van der Waals surface area (Å²) in [5, 5.41) is 21.0. The highest BCUT2D eigenvalue weighted by Gasteiger charge is 2.28. The van der Waals surface area contributed by atoms with Crippen molar-refractivity contribution >= 4 is 0 Å². The number of tetrazole rings is 1. The molecule has 6 nitrogen and oxygen atoms in total. The molecular formula is C16H20N6. The summed E-state index contributed by atoms with van der Waals surface area (Å²) in [6, 6.07) is 10.7. The molecule has 1 atom stereocenters. The van der Waals surface area contributed by atoms with Gasteiger partial charge in [0.25, 0.3) is 0 Å². The molecule has 0 radical (unpaired) electrons. The van der Waals surface area contributed by atoms with Crippen LogP contribution in [0.25, 0.3) is 0 Å². The molecule has 1 aliphatic rings. The van der Waals surface area contributed by atoms with Crippen LogP contribution in [-0.4, -0.2) is 31.7 Å². The van der Waals surface area contributed by atoms with E-state index in [1.54, 1.807) is 0 Å². The first-order chi connectivity index (χ1) is 10.7. The zero-order valence-corrected chi connectivity index (χ0v) is 13.0. The minimum atomic E-state index is 0.252.